The van der Waals surface area contributed by atoms with Gasteiger partial charge in [0.25, 0.3) is 0 Å². The van der Waals surface area contributed by atoms with Gasteiger partial charge in [-0.25, -0.2) is 4.79 Å². The summed E-state index contributed by atoms with van der Waals surface area (Å²) in [6, 6.07) is 0. The smallest absolute Gasteiger partial charge is 0.332 e. The Labute approximate surface area is 295 Å². The zero-order chi connectivity index (χ0) is 35.9. The molecule has 292 valence electrons. The van der Waals surface area contributed by atoms with Crippen molar-refractivity contribution in [2.24, 2.45) is 0 Å². The molecule has 0 aromatic rings. The lowest BCUT2D eigenvalue weighted by molar-refractivity contribution is -0.160. The maximum Gasteiger partial charge on any atom is 0.332 e. The van der Waals surface area contributed by atoms with Crippen LogP contribution < -0.4 is 0 Å². The van der Waals surface area contributed by atoms with Crippen LogP contribution in [0.2, 0.25) is 0 Å². The molecule has 0 heterocycles. The van der Waals surface area contributed by atoms with E-state index >= 15 is 0 Å². The van der Waals surface area contributed by atoms with Crippen molar-refractivity contribution in [3.8, 4) is 0 Å². The van der Waals surface area contributed by atoms with Gasteiger partial charge in [-0.15, -0.1) is 0 Å². The van der Waals surface area contributed by atoms with Gasteiger partial charge in [0.05, 0.1) is 126 Å². The van der Waals surface area contributed by atoms with Crippen LogP contribution >= 0.6 is 0 Å². The van der Waals surface area contributed by atoms with Crippen molar-refractivity contribution < 1.29 is 66.4 Å². The summed E-state index contributed by atoms with van der Waals surface area (Å²) in [4.78, 5) is 23.2. The van der Waals surface area contributed by atoms with Crippen LogP contribution in [0.15, 0.2) is 0 Å². The Bertz CT molecular complexity index is 704. The molecule has 0 rings (SSSR count). The van der Waals surface area contributed by atoms with Gasteiger partial charge >= 0.3 is 11.9 Å². The maximum absolute atomic E-state index is 11.7. The van der Waals surface area contributed by atoms with Crippen molar-refractivity contribution in [2.45, 2.75) is 78.2 Å². The molecule has 0 amide bonds. The van der Waals surface area contributed by atoms with Crippen LogP contribution in [-0.4, -0.2) is 156 Å². The fourth-order valence-corrected chi connectivity index (χ4v) is 3.84. The van der Waals surface area contributed by atoms with Gasteiger partial charge in [0.2, 0.25) is 0 Å². The largest absolute Gasteiger partial charge is 0.463 e. The molecule has 0 radical (unpaired) electrons. The highest BCUT2D eigenvalue weighted by Crippen LogP contribution is 2.08. The van der Waals surface area contributed by atoms with E-state index in [-0.39, 0.29) is 25.2 Å². The average Bonchev–Trinajstić information content (AvgIpc) is 3.06. The lowest BCUT2D eigenvalue weighted by Gasteiger charge is -2.19. The minimum Gasteiger partial charge on any atom is -0.463 e. The van der Waals surface area contributed by atoms with Crippen molar-refractivity contribution in [2.75, 3.05) is 139 Å². The Morgan fingerprint density at radius 3 is 1.04 bits per heavy atom. The Morgan fingerprint density at radius 1 is 0.388 bits per heavy atom. The Balaban J connectivity index is 3.14. The van der Waals surface area contributed by atoms with Crippen molar-refractivity contribution in [3.63, 3.8) is 0 Å². The Hall–Kier alpha value is -1.46. The molecule has 0 fully saturated rings. The van der Waals surface area contributed by atoms with E-state index in [2.05, 4.69) is 6.92 Å². The maximum atomic E-state index is 11.7. The highest BCUT2D eigenvalue weighted by atomic mass is 16.6. The van der Waals surface area contributed by atoms with E-state index in [4.69, 9.17) is 56.8 Å². The topological polar surface area (TPSA) is 145 Å². The summed E-state index contributed by atoms with van der Waals surface area (Å²) in [5, 5.41) is 0. The molecular weight excluding hydrogens is 644 g/mol. The molecule has 0 aliphatic carbocycles. The lowest BCUT2D eigenvalue weighted by atomic mass is 10.1. The van der Waals surface area contributed by atoms with Gasteiger partial charge in [-0.05, 0) is 27.2 Å². The van der Waals surface area contributed by atoms with Gasteiger partial charge in [-0.1, -0.05) is 39.0 Å². The Morgan fingerprint density at radius 2 is 0.694 bits per heavy atom. The molecule has 0 unspecified atom stereocenters. The first-order valence-corrected chi connectivity index (χ1v) is 18.0. The molecule has 0 atom stereocenters. The fourth-order valence-electron chi connectivity index (χ4n) is 3.84. The number of hydrogen-bond acceptors (Lipinski definition) is 14. The summed E-state index contributed by atoms with van der Waals surface area (Å²) < 4.78 is 64.6. The van der Waals surface area contributed by atoms with Crippen LogP contribution in [0.1, 0.15) is 72.6 Å². The molecule has 0 spiro atoms. The van der Waals surface area contributed by atoms with Gasteiger partial charge in [0, 0.05) is 6.42 Å². The van der Waals surface area contributed by atoms with E-state index in [1.54, 1.807) is 0 Å². The fraction of sp³-hybridized carbons (Fsp3) is 0.943. The van der Waals surface area contributed by atoms with E-state index in [0.717, 1.165) is 12.8 Å². The van der Waals surface area contributed by atoms with Crippen molar-refractivity contribution in [1.82, 2.24) is 0 Å². The number of unbranched alkanes of at least 4 members (excludes halogenated alkanes) is 5. The van der Waals surface area contributed by atoms with Crippen molar-refractivity contribution in [1.29, 1.82) is 0 Å². The highest BCUT2D eigenvalue weighted by molar-refractivity contribution is 5.71. The second kappa shape index (κ2) is 37.8. The zero-order valence-corrected chi connectivity index (χ0v) is 31.0. The van der Waals surface area contributed by atoms with Crippen molar-refractivity contribution in [3.05, 3.63) is 0 Å². The molecule has 0 N–H and O–H groups in total. The SMILES string of the molecule is CCCCCCCCC(=O)OCCOCCOCCOCCOCCOCCOCCOCCOCCOCCOCC(=O)OC(C)(C)C. The summed E-state index contributed by atoms with van der Waals surface area (Å²) in [6.45, 7) is 16.5. The number of rotatable bonds is 39. The summed E-state index contributed by atoms with van der Waals surface area (Å²) in [5.41, 5.74) is -0.513. The predicted molar refractivity (Wildman–Crippen MR) is 183 cm³/mol. The van der Waals surface area contributed by atoms with Gasteiger partial charge in [0.1, 0.15) is 18.8 Å². The van der Waals surface area contributed by atoms with Crippen LogP contribution in [0.5, 0.6) is 0 Å². The number of ether oxygens (including phenoxy) is 12. The van der Waals surface area contributed by atoms with E-state index in [1.165, 1.54) is 25.7 Å². The quantitative estimate of drug-likeness (QED) is 0.0673. The van der Waals surface area contributed by atoms with E-state index in [9.17, 15) is 9.59 Å². The third-order valence-corrected chi connectivity index (χ3v) is 6.21. The molecule has 14 heteroatoms. The van der Waals surface area contributed by atoms with Crippen LogP contribution in [0, 0.1) is 0 Å². The third-order valence-electron chi connectivity index (χ3n) is 6.21. The normalized spacial score (nSPS) is 11.7. The second-order valence-electron chi connectivity index (χ2n) is 11.9. The van der Waals surface area contributed by atoms with E-state index in [1.807, 2.05) is 20.8 Å². The standard InChI is InChI=1S/C35H68O14/c1-5-6-7-8-9-10-11-33(36)48-31-30-46-27-26-44-23-22-42-19-18-40-15-14-38-12-13-39-16-17-41-20-21-43-24-25-45-28-29-47-32-34(37)49-35(2,3)4/h5-32H2,1-4H3. The minimum absolute atomic E-state index is 0.0856. The third kappa shape index (κ3) is 42.6. The highest BCUT2D eigenvalue weighted by Gasteiger charge is 2.15. The zero-order valence-electron chi connectivity index (χ0n) is 31.0. The molecule has 0 aliphatic heterocycles. The molecule has 0 saturated carbocycles. The number of esters is 2. The van der Waals surface area contributed by atoms with Crippen LogP contribution in [0.25, 0.3) is 0 Å². The molecule has 14 nitrogen and oxygen atoms in total. The molecule has 49 heavy (non-hydrogen) atoms. The number of carbonyl (C=O) groups is 2. The summed E-state index contributed by atoms with van der Waals surface area (Å²) in [5.74, 6) is -0.536. The van der Waals surface area contributed by atoms with Crippen LogP contribution in [0.3, 0.4) is 0 Å². The molecule has 0 aromatic carbocycles. The van der Waals surface area contributed by atoms with Gasteiger partial charge in [-0.2, -0.15) is 0 Å². The number of carbonyl (C=O) groups excluding carboxylic acids is 2. The monoisotopic (exact) mass is 712 g/mol. The van der Waals surface area contributed by atoms with Gasteiger partial charge < -0.3 is 56.8 Å². The summed E-state index contributed by atoms with van der Waals surface area (Å²) in [6.07, 6.45) is 7.40. The molecule has 0 bridgehead atoms. The van der Waals surface area contributed by atoms with E-state index < -0.39 is 5.60 Å². The van der Waals surface area contributed by atoms with Crippen LogP contribution in [0.4, 0.5) is 0 Å². The van der Waals surface area contributed by atoms with Crippen molar-refractivity contribution >= 4 is 11.9 Å². The average molecular weight is 713 g/mol. The lowest BCUT2D eigenvalue weighted by Crippen LogP contribution is -2.27. The molecule has 0 aliphatic rings. The second-order valence-corrected chi connectivity index (χ2v) is 11.9. The predicted octanol–water partition coefficient (Wildman–Crippen LogP) is 3.79. The molecule has 0 aromatic heterocycles. The first kappa shape index (κ1) is 47.5. The minimum atomic E-state index is -0.513. The first-order valence-electron chi connectivity index (χ1n) is 18.0. The number of hydrogen-bond donors (Lipinski definition) is 0. The van der Waals surface area contributed by atoms with E-state index in [0.29, 0.717) is 132 Å². The Kier molecular flexibility index (Phi) is 36.7. The summed E-state index contributed by atoms with van der Waals surface area (Å²) >= 11 is 0. The summed E-state index contributed by atoms with van der Waals surface area (Å²) in [7, 11) is 0. The molecule has 0 saturated heterocycles. The van der Waals surface area contributed by atoms with Gasteiger partial charge in [-0.3, -0.25) is 4.79 Å². The van der Waals surface area contributed by atoms with Gasteiger partial charge in [0.15, 0.2) is 0 Å². The first-order chi connectivity index (χ1) is 23.8. The molecular formula is C35H68O14. The van der Waals surface area contributed by atoms with Crippen LogP contribution in [-0.2, 0) is 66.4 Å².